The van der Waals surface area contributed by atoms with Crippen LogP contribution in [0, 0.1) is 17.8 Å². The molecule has 0 saturated carbocycles. The molecular formula is C30H62F3N4O11S-. The van der Waals surface area contributed by atoms with E-state index in [2.05, 4.69) is 15.4 Å². The molecule has 0 bridgehead atoms. The summed E-state index contributed by atoms with van der Waals surface area (Å²) in [6, 6.07) is 10.1. The second kappa shape index (κ2) is 59.7. The van der Waals surface area contributed by atoms with Gasteiger partial charge in [0.2, 0.25) is 18.7 Å². The van der Waals surface area contributed by atoms with Crippen molar-refractivity contribution in [2.45, 2.75) is 88.0 Å². The summed E-state index contributed by atoms with van der Waals surface area (Å²) in [5.74, 6) is 0.730. The Balaban J connectivity index is -0.0000000543. The third-order valence-electron chi connectivity index (χ3n) is 3.84. The zero-order valence-electron chi connectivity index (χ0n) is 30.1. The highest BCUT2D eigenvalue weighted by atomic mass is 32.2. The fourth-order valence-corrected chi connectivity index (χ4v) is 1.87. The maximum absolute atomic E-state index is 9.92. The smallest absolute Gasteiger partial charge is 0.379 e. The van der Waals surface area contributed by atoms with Gasteiger partial charge in [-0.1, -0.05) is 89.9 Å². The van der Waals surface area contributed by atoms with E-state index in [9.17, 15) is 41.1 Å². The lowest BCUT2D eigenvalue weighted by atomic mass is 10.2. The number of ether oxygens (including phenoxy) is 1. The first-order chi connectivity index (χ1) is 21.8. The molecule has 11 N–H and O–H groups in total. The van der Waals surface area contributed by atoms with Gasteiger partial charge in [-0.05, 0) is 37.7 Å². The first-order valence-electron chi connectivity index (χ1n) is 14.3. The van der Waals surface area contributed by atoms with E-state index in [0.29, 0.717) is 44.6 Å². The minimum Gasteiger partial charge on any atom is -0.772 e. The Morgan fingerprint density at radius 2 is 1.35 bits per heavy atom. The second-order valence-corrected chi connectivity index (χ2v) is 10.4. The van der Waals surface area contributed by atoms with Crippen LogP contribution < -0.4 is 22.5 Å². The van der Waals surface area contributed by atoms with Gasteiger partial charge in [0.05, 0.1) is 6.61 Å². The van der Waals surface area contributed by atoms with Crippen molar-refractivity contribution in [3.05, 3.63) is 35.9 Å². The fraction of sp³-hybridized carbons (Fsp3) is 0.633. The average Bonchev–Trinajstić information content (AvgIpc) is 2.98. The van der Waals surface area contributed by atoms with Gasteiger partial charge in [0.1, 0.15) is 0 Å². The number of primary amides is 1. The number of carbonyl (C=O) groups excluding carboxylic acids is 4. The molecule has 1 aromatic carbocycles. The van der Waals surface area contributed by atoms with Gasteiger partial charge >= 0.3 is 6.68 Å². The van der Waals surface area contributed by atoms with E-state index in [1.807, 2.05) is 71.9 Å². The van der Waals surface area contributed by atoms with Crippen LogP contribution in [0.3, 0.4) is 0 Å². The number of rotatable bonds is 12. The summed E-state index contributed by atoms with van der Waals surface area (Å²) in [4.78, 5) is 47.0. The van der Waals surface area contributed by atoms with Gasteiger partial charge < -0.3 is 47.5 Å². The number of nitrogens with two attached hydrogens (primary N) is 1. The highest BCUT2D eigenvalue weighted by Crippen LogP contribution is 1.95. The SMILES string of the molecule is CC(C)C(N)=O.CC(C)CO.CC(C)CS(=O)[O-].CCC(C)NC=O.CCOC=O.FC(F)F.N.O.O=CNCc1ccccc1.O=CO. The zero-order chi connectivity index (χ0) is 38.6. The highest BCUT2D eigenvalue weighted by molar-refractivity contribution is 7.79. The van der Waals surface area contributed by atoms with E-state index in [0.717, 1.165) is 18.4 Å². The molecule has 296 valence electrons. The van der Waals surface area contributed by atoms with Gasteiger partial charge in [-0.2, -0.15) is 13.2 Å². The van der Waals surface area contributed by atoms with Crippen LogP contribution in [-0.2, 0) is 46.3 Å². The topological polar surface area (TPSA) is 292 Å². The monoisotopic (exact) mass is 743 g/mol. The van der Waals surface area contributed by atoms with Crippen LogP contribution in [0.4, 0.5) is 13.2 Å². The van der Waals surface area contributed by atoms with E-state index in [1.165, 1.54) is 0 Å². The van der Waals surface area contributed by atoms with Crippen LogP contribution in [0.15, 0.2) is 30.3 Å². The Labute approximate surface area is 292 Å². The predicted octanol–water partition coefficient (Wildman–Crippen LogP) is 3.14. The molecule has 0 aliphatic rings. The van der Waals surface area contributed by atoms with Gasteiger partial charge in [-0.25, -0.2) is 0 Å². The maximum Gasteiger partial charge on any atom is 0.379 e. The van der Waals surface area contributed by atoms with Gasteiger partial charge in [0, 0.05) is 30.9 Å². The molecule has 0 spiro atoms. The highest BCUT2D eigenvalue weighted by Gasteiger charge is 1.96. The van der Waals surface area contributed by atoms with Crippen LogP contribution in [0.1, 0.15) is 74.3 Å². The number of nitrogens with one attached hydrogen (secondary N) is 2. The largest absolute Gasteiger partial charge is 0.772 e. The molecule has 0 fully saturated rings. The summed E-state index contributed by atoms with van der Waals surface area (Å²) in [5, 5.41) is 20.2. The summed E-state index contributed by atoms with van der Waals surface area (Å²) in [7, 11) is 0. The molecule has 49 heavy (non-hydrogen) atoms. The number of amides is 3. The molecule has 0 aromatic heterocycles. The standard InChI is InChI=1S/C8H9NO.C5H11NO.C4H9NO.C4H10O2S.C4H10O.C3H6O2.CHF3.CH2O2.H3N.H2O/c10-7-9-6-8-4-2-1-3-5-8;1-3-5(2)6-4-7;1-3(2)4(5)6;1-4(2)3-7(5)6;1-4(2)3-5;1-2-5-3-4;2-1(3)4;2-1-3;;/h1-5,7H,6H2,(H,9,10);4-5H,3H2,1-2H3,(H,6,7);3H,1-2H3,(H2,5,6);4H,3H2,1-2H3,(H,5,6);4-5H,3H2,1-2H3;3H,2H2,1H3;1H;1H,(H,2,3);1H3;1H2/p-1. The molecule has 3 amide bonds. The summed E-state index contributed by atoms with van der Waals surface area (Å²) in [6.45, 7) is 14.9. The molecular weight excluding hydrogens is 681 g/mol. The number of aliphatic hydroxyl groups excluding tert-OH is 1. The van der Waals surface area contributed by atoms with Gasteiger partial charge in [0.25, 0.3) is 12.9 Å². The Bertz CT molecular complexity index is 816. The van der Waals surface area contributed by atoms with E-state index in [1.54, 1.807) is 20.8 Å². The molecule has 0 heterocycles. The summed E-state index contributed by atoms with van der Waals surface area (Å²) >= 11 is -1.85. The van der Waals surface area contributed by atoms with E-state index in [-0.39, 0.29) is 41.6 Å². The molecule has 2 unspecified atom stereocenters. The lowest BCUT2D eigenvalue weighted by Crippen LogP contribution is -2.22. The molecule has 0 radical (unpaired) electrons. The van der Waals surface area contributed by atoms with Crippen molar-refractivity contribution < 1.29 is 66.3 Å². The van der Waals surface area contributed by atoms with Gasteiger partial charge in [0.15, 0.2) is 0 Å². The van der Waals surface area contributed by atoms with Gasteiger partial charge in [-0.15, -0.1) is 0 Å². The maximum atomic E-state index is 9.92. The van der Waals surface area contributed by atoms with E-state index < -0.39 is 17.8 Å². The molecule has 1 aromatic rings. The van der Waals surface area contributed by atoms with Crippen LogP contribution in [0.25, 0.3) is 0 Å². The number of carboxylic acid groups (broad SMARTS) is 1. The van der Waals surface area contributed by atoms with Crippen molar-refractivity contribution in [2.24, 2.45) is 23.5 Å². The third kappa shape index (κ3) is 124. The van der Waals surface area contributed by atoms with E-state index in [4.69, 9.17) is 20.7 Å². The van der Waals surface area contributed by atoms with Crippen LogP contribution in [-0.4, -0.2) is 87.8 Å². The lowest BCUT2D eigenvalue weighted by Gasteiger charge is -2.05. The first kappa shape index (κ1) is 67.5. The predicted molar refractivity (Wildman–Crippen MR) is 185 cm³/mol. The minimum atomic E-state index is -3.67. The van der Waals surface area contributed by atoms with Crippen molar-refractivity contribution in [1.82, 2.24) is 16.8 Å². The molecule has 2 atom stereocenters. The molecule has 0 aliphatic carbocycles. The summed E-state index contributed by atoms with van der Waals surface area (Å²) in [5.41, 5.74) is 5.92. The number of alkyl halides is 3. The van der Waals surface area contributed by atoms with Crippen molar-refractivity contribution in [2.75, 3.05) is 19.0 Å². The second-order valence-electron chi connectivity index (χ2n) is 9.48. The Morgan fingerprint density at radius 3 is 1.49 bits per heavy atom. The summed E-state index contributed by atoms with van der Waals surface area (Å²) < 4.78 is 52.8. The normalized spacial score (nSPS) is 9.51. The summed E-state index contributed by atoms with van der Waals surface area (Å²) in [6.07, 6.45) is 2.43. The van der Waals surface area contributed by atoms with Crippen LogP contribution >= 0.6 is 0 Å². The molecule has 0 saturated heterocycles. The van der Waals surface area contributed by atoms with Crippen molar-refractivity contribution in [1.29, 1.82) is 0 Å². The average molecular weight is 744 g/mol. The van der Waals surface area contributed by atoms with Crippen LogP contribution in [0.5, 0.6) is 0 Å². The number of hydrogen-bond donors (Lipinski definition) is 6. The molecule has 15 nitrogen and oxygen atoms in total. The van der Waals surface area contributed by atoms with Crippen molar-refractivity contribution >= 4 is 42.8 Å². The lowest BCUT2D eigenvalue weighted by molar-refractivity contribution is -0.128. The Kier molecular flexibility index (Phi) is 82.3. The number of halogens is 3. The fourth-order valence-electron chi connectivity index (χ4n) is 1.33. The Morgan fingerprint density at radius 1 is 0.959 bits per heavy atom. The Hall–Kier alpha value is -3.65. The zero-order valence-corrected chi connectivity index (χ0v) is 30.9. The minimum absolute atomic E-state index is 0. The van der Waals surface area contributed by atoms with Crippen molar-refractivity contribution in [3.8, 4) is 0 Å². The number of carbonyl (C=O) groups is 5. The quantitative estimate of drug-likeness (QED) is 0.133. The molecule has 19 heteroatoms. The van der Waals surface area contributed by atoms with Crippen molar-refractivity contribution in [3.63, 3.8) is 0 Å². The van der Waals surface area contributed by atoms with Crippen LogP contribution in [0.2, 0.25) is 0 Å². The first-order valence-corrected chi connectivity index (χ1v) is 15.5. The molecule has 0 aliphatic heterocycles. The third-order valence-corrected chi connectivity index (χ3v) is 4.77. The van der Waals surface area contributed by atoms with E-state index >= 15 is 0 Å². The van der Waals surface area contributed by atoms with Gasteiger partial charge in [-0.3, -0.25) is 28.2 Å². The number of benzene rings is 1. The number of hydrogen-bond acceptors (Lipinski definition) is 10. The number of aliphatic hydroxyl groups is 1. The molecule has 1 rings (SSSR count).